The molecule has 3 nitrogen and oxygen atoms in total. The first-order chi connectivity index (χ1) is 9.33. The molecule has 0 bridgehead atoms. The molecule has 3 heterocycles. The highest BCUT2D eigenvalue weighted by molar-refractivity contribution is 7.13. The van der Waals surface area contributed by atoms with Gasteiger partial charge in [-0.1, -0.05) is 18.2 Å². The predicted molar refractivity (Wildman–Crippen MR) is 75.6 cm³/mol. The minimum Gasteiger partial charge on any atom is -0.454 e. The van der Waals surface area contributed by atoms with E-state index in [9.17, 15) is 4.79 Å². The van der Waals surface area contributed by atoms with Crippen LogP contribution in [0.4, 0.5) is 0 Å². The second-order valence-corrected chi connectivity index (χ2v) is 5.16. The highest BCUT2D eigenvalue weighted by Crippen LogP contribution is 2.32. The number of benzene rings is 1. The summed E-state index contributed by atoms with van der Waals surface area (Å²) in [5.74, 6) is 0.702. The minimum atomic E-state index is -0.361. The fourth-order valence-corrected chi connectivity index (χ4v) is 2.86. The van der Waals surface area contributed by atoms with Crippen LogP contribution in [-0.2, 0) is 0 Å². The summed E-state index contributed by atoms with van der Waals surface area (Å²) in [5.41, 5.74) is 0.780. The van der Waals surface area contributed by atoms with Gasteiger partial charge in [-0.2, -0.15) is 0 Å². The maximum absolute atomic E-state index is 12.0. The summed E-state index contributed by atoms with van der Waals surface area (Å²) in [5, 5.41) is 3.28. The van der Waals surface area contributed by atoms with E-state index in [0.717, 1.165) is 10.3 Å². The van der Waals surface area contributed by atoms with Crippen molar-refractivity contribution in [1.29, 1.82) is 0 Å². The monoisotopic (exact) mass is 268 g/mol. The Labute approximate surface area is 111 Å². The Balaban J connectivity index is 2.16. The molecule has 4 aromatic rings. The van der Waals surface area contributed by atoms with Gasteiger partial charge >= 0.3 is 5.63 Å². The molecule has 0 aliphatic rings. The average Bonchev–Trinajstić information content (AvgIpc) is 3.08. The Bertz CT molecular complexity index is 929. The molecule has 3 aromatic heterocycles. The van der Waals surface area contributed by atoms with Crippen LogP contribution in [0.1, 0.15) is 0 Å². The van der Waals surface area contributed by atoms with Crippen LogP contribution in [0, 0.1) is 0 Å². The summed E-state index contributed by atoms with van der Waals surface area (Å²) in [6.07, 6.45) is 0. The summed E-state index contributed by atoms with van der Waals surface area (Å²) < 4.78 is 11.2. The molecule has 0 atom stereocenters. The quantitative estimate of drug-likeness (QED) is 0.484. The van der Waals surface area contributed by atoms with Gasteiger partial charge in [-0.05, 0) is 23.6 Å². The molecular formula is C15H8O3S. The lowest BCUT2D eigenvalue weighted by Crippen LogP contribution is -1.97. The van der Waals surface area contributed by atoms with Crippen molar-refractivity contribution in [2.24, 2.45) is 0 Å². The van der Waals surface area contributed by atoms with Crippen molar-refractivity contribution in [1.82, 2.24) is 0 Å². The number of para-hydroxylation sites is 1. The van der Waals surface area contributed by atoms with Crippen molar-refractivity contribution in [3.63, 3.8) is 0 Å². The van der Waals surface area contributed by atoms with Crippen LogP contribution < -0.4 is 5.63 Å². The van der Waals surface area contributed by atoms with Crippen molar-refractivity contribution < 1.29 is 8.83 Å². The molecule has 0 unspecified atom stereocenters. The Kier molecular flexibility index (Phi) is 2.13. The van der Waals surface area contributed by atoms with E-state index in [1.54, 1.807) is 23.5 Å². The number of rotatable bonds is 1. The first-order valence-electron chi connectivity index (χ1n) is 5.82. The lowest BCUT2D eigenvalue weighted by molar-refractivity contribution is 0.565. The van der Waals surface area contributed by atoms with Gasteiger partial charge in [0.05, 0.1) is 10.3 Å². The van der Waals surface area contributed by atoms with Gasteiger partial charge < -0.3 is 8.83 Å². The maximum atomic E-state index is 12.0. The standard InChI is InChI=1S/C15H8O3S/c16-15-10-8-12(13-6-3-7-19-13)17-14(10)9-4-1-2-5-11(9)18-15/h1-8H. The normalized spacial score (nSPS) is 11.4. The van der Waals surface area contributed by atoms with E-state index in [1.807, 2.05) is 35.7 Å². The van der Waals surface area contributed by atoms with Crippen molar-refractivity contribution in [2.75, 3.05) is 0 Å². The Morgan fingerprint density at radius 1 is 0.947 bits per heavy atom. The van der Waals surface area contributed by atoms with Gasteiger partial charge in [0.2, 0.25) is 0 Å². The summed E-state index contributed by atoms with van der Waals surface area (Å²) in [4.78, 5) is 13.0. The number of hydrogen-bond donors (Lipinski definition) is 0. The first kappa shape index (κ1) is 10.6. The zero-order chi connectivity index (χ0) is 12.8. The van der Waals surface area contributed by atoms with Crippen molar-refractivity contribution in [3.8, 4) is 10.6 Å². The summed E-state index contributed by atoms with van der Waals surface area (Å²) in [7, 11) is 0. The molecule has 4 heteroatoms. The molecule has 0 aliphatic carbocycles. The summed E-state index contributed by atoms with van der Waals surface area (Å²) in [6.45, 7) is 0. The molecule has 0 aliphatic heterocycles. The van der Waals surface area contributed by atoms with Gasteiger partial charge in [-0.3, -0.25) is 0 Å². The predicted octanol–water partition coefficient (Wildman–Crippen LogP) is 4.27. The van der Waals surface area contributed by atoms with Crippen molar-refractivity contribution >= 4 is 33.3 Å². The fraction of sp³-hybridized carbons (Fsp3) is 0. The highest BCUT2D eigenvalue weighted by atomic mass is 32.1. The molecule has 0 saturated carbocycles. The fourth-order valence-electron chi connectivity index (χ4n) is 2.18. The Morgan fingerprint density at radius 2 is 1.84 bits per heavy atom. The SMILES string of the molecule is O=c1oc2ccccc2c2oc(-c3cccs3)cc12. The number of furan rings is 1. The summed E-state index contributed by atoms with van der Waals surface area (Å²) >= 11 is 1.58. The van der Waals surface area contributed by atoms with Gasteiger partial charge in [-0.25, -0.2) is 4.79 Å². The van der Waals surface area contributed by atoms with Crippen LogP contribution in [0.3, 0.4) is 0 Å². The van der Waals surface area contributed by atoms with E-state index in [2.05, 4.69) is 0 Å². The lowest BCUT2D eigenvalue weighted by atomic mass is 10.2. The van der Waals surface area contributed by atoms with Gasteiger partial charge in [0.25, 0.3) is 0 Å². The van der Waals surface area contributed by atoms with E-state index in [0.29, 0.717) is 22.3 Å². The molecule has 19 heavy (non-hydrogen) atoms. The summed E-state index contributed by atoms with van der Waals surface area (Å²) in [6, 6.07) is 13.1. The lowest BCUT2D eigenvalue weighted by Gasteiger charge is -1.95. The van der Waals surface area contributed by atoms with Gasteiger partial charge in [0, 0.05) is 6.07 Å². The van der Waals surface area contributed by atoms with Crippen LogP contribution in [-0.4, -0.2) is 0 Å². The smallest absolute Gasteiger partial charge is 0.347 e. The highest BCUT2D eigenvalue weighted by Gasteiger charge is 2.14. The molecule has 1 aromatic carbocycles. The van der Waals surface area contributed by atoms with E-state index in [1.165, 1.54) is 0 Å². The molecule has 0 spiro atoms. The molecule has 0 N–H and O–H groups in total. The zero-order valence-corrected chi connectivity index (χ0v) is 10.6. The van der Waals surface area contributed by atoms with Crippen molar-refractivity contribution in [3.05, 3.63) is 58.3 Å². The molecule has 0 amide bonds. The van der Waals surface area contributed by atoms with Crippen LogP contribution in [0.2, 0.25) is 0 Å². The molecule has 0 saturated heterocycles. The maximum Gasteiger partial charge on any atom is 0.347 e. The third-order valence-electron chi connectivity index (χ3n) is 3.05. The van der Waals surface area contributed by atoms with Gasteiger partial charge in [0.15, 0.2) is 5.58 Å². The molecule has 92 valence electrons. The second kappa shape index (κ2) is 3.83. The Hall–Kier alpha value is -2.33. The number of thiophene rings is 1. The van der Waals surface area contributed by atoms with Gasteiger partial charge in [-0.15, -0.1) is 11.3 Å². The second-order valence-electron chi connectivity index (χ2n) is 4.22. The van der Waals surface area contributed by atoms with E-state index >= 15 is 0 Å². The molecule has 0 radical (unpaired) electrons. The topological polar surface area (TPSA) is 43.4 Å². The van der Waals surface area contributed by atoms with Crippen LogP contribution >= 0.6 is 11.3 Å². The average molecular weight is 268 g/mol. The van der Waals surface area contributed by atoms with E-state index < -0.39 is 0 Å². The minimum absolute atomic E-state index is 0.361. The Morgan fingerprint density at radius 3 is 2.68 bits per heavy atom. The largest absolute Gasteiger partial charge is 0.454 e. The van der Waals surface area contributed by atoms with Crippen molar-refractivity contribution in [2.45, 2.75) is 0 Å². The van der Waals surface area contributed by atoms with E-state index in [-0.39, 0.29) is 5.63 Å². The molecule has 0 fully saturated rings. The number of fused-ring (bicyclic) bond motifs is 3. The third-order valence-corrected chi connectivity index (χ3v) is 3.93. The third kappa shape index (κ3) is 1.54. The molecular weight excluding hydrogens is 260 g/mol. The number of hydrogen-bond acceptors (Lipinski definition) is 4. The van der Waals surface area contributed by atoms with Crippen LogP contribution in [0.15, 0.2) is 61.5 Å². The van der Waals surface area contributed by atoms with Gasteiger partial charge in [0.1, 0.15) is 16.7 Å². The van der Waals surface area contributed by atoms with Crippen LogP contribution in [0.5, 0.6) is 0 Å². The zero-order valence-electron chi connectivity index (χ0n) is 9.75. The first-order valence-corrected chi connectivity index (χ1v) is 6.70. The van der Waals surface area contributed by atoms with E-state index in [4.69, 9.17) is 8.83 Å². The van der Waals surface area contributed by atoms with Crippen LogP contribution in [0.25, 0.3) is 32.6 Å². The molecule has 4 rings (SSSR count).